The van der Waals surface area contributed by atoms with E-state index >= 15 is 0 Å². The molecule has 0 spiro atoms. The molecule has 1 atom stereocenters. The van der Waals surface area contributed by atoms with Crippen molar-refractivity contribution in [1.82, 2.24) is 0 Å². The van der Waals surface area contributed by atoms with Crippen molar-refractivity contribution >= 4 is 35.0 Å². The molecular formula is C11H15Cl2NS. The molecule has 0 amide bonds. The smallest absolute Gasteiger partial charge is 0.0624 e. The van der Waals surface area contributed by atoms with Crippen LogP contribution in [0.3, 0.4) is 0 Å². The van der Waals surface area contributed by atoms with Gasteiger partial charge in [-0.05, 0) is 23.8 Å². The average Bonchev–Trinajstić information content (AvgIpc) is 2.22. The highest BCUT2D eigenvalue weighted by atomic mass is 35.5. The Morgan fingerprint density at radius 2 is 2.13 bits per heavy atom. The van der Waals surface area contributed by atoms with Gasteiger partial charge in [0.2, 0.25) is 0 Å². The van der Waals surface area contributed by atoms with Gasteiger partial charge in [0, 0.05) is 11.8 Å². The van der Waals surface area contributed by atoms with Crippen LogP contribution in [0.4, 0.5) is 0 Å². The third kappa shape index (κ3) is 4.23. The number of hydrogen-bond donors (Lipinski definition) is 1. The Balaban J connectivity index is 2.60. The Hall–Kier alpha value is 0.110. The van der Waals surface area contributed by atoms with Crippen molar-refractivity contribution in [3.05, 3.63) is 33.8 Å². The van der Waals surface area contributed by atoms with Crippen LogP contribution in [0.1, 0.15) is 12.5 Å². The van der Waals surface area contributed by atoms with Crippen LogP contribution in [0.25, 0.3) is 0 Å². The van der Waals surface area contributed by atoms with Crippen molar-refractivity contribution in [2.45, 2.75) is 19.4 Å². The van der Waals surface area contributed by atoms with Gasteiger partial charge in [-0.2, -0.15) is 11.8 Å². The van der Waals surface area contributed by atoms with E-state index in [-0.39, 0.29) is 6.04 Å². The van der Waals surface area contributed by atoms with Crippen LogP contribution < -0.4 is 5.73 Å². The second kappa shape index (κ2) is 6.64. The summed E-state index contributed by atoms with van der Waals surface area (Å²) in [6, 6.07) is 5.82. The van der Waals surface area contributed by atoms with Crippen molar-refractivity contribution in [2.24, 2.45) is 5.73 Å². The highest BCUT2D eigenvalue weighted by Gasteiger charge is 2.08. The molecule has 0 aliphatic heterocycles. The van der Waals surface area contributed by atoms with Gasteiger partial charge in [-0.15, -0.1) is 0 Å². The predicted octanol–water partition coefficient (Wildman–Crippen LogP) is 3.62. The first-order valence-electron chi connectivity index (χ1n) is 4.91. The molecule has 84 valence electrons. The van der Waals surface area contributed by atoms with Gasteiger partial charge >= 0.3 is 0 Å². The number of halogens is 2. The fourth-order valence-corrected chi connectivity index (χ4v) is 2.37. The van der Waals surface area contributed by atoms with E-state index in [1.165, 1.54) is 0 Å². The van der Waals surface area contributed by atoms with E-state index in [0.29, 0.717) is 10.0 Å². The minimum absolute atomic E-state index is 0.144. The van der Waals surface area contributed by atoms with E-state index in [0.717, 1.165) is 23.5 Å². The molecule has 1 aromatic carbocycles. The van der Waals surface area contributed by atoms with E-state index in [4.69, 9.17) is 28.9 Å². The van der Waals surface area contributed by atoms with Crippen molar-refractivity contribution < 1.29 is 0 Å². The molecule has 0 saturated carbocycles. The summed E-state index contributed by atoms with van der Waals surface area (Å²) in [7, 11) is 0. The van der Waals surface area contributed by atoms with E-state index < -0.39 is 0 Å². The molecule has 1 rings (SSSR count). The fourth-order valence-electron chi connectivity index (χ4n) is 1.32. The summed E-state index contributed by atoms with van der Waals surface area (Å²) in [4.78, 5) is 0. The lowest BCUT2D eigenvalue weighted by molar-refractivity contribution is 0.749. The maximum absolute atomic E-state index is 6.08. The van der Waals surface area contributed by atoms with Crippen molar-refractivity contribution in [1.29, 1.82) is 0 Å². The first-order chi connectivity index (χ1) is 7.15. The molecule has 0 aromatic heterocycles. The number of hydrogen-bond acceptors (Lipinski definition) is 2. The Morgan fingerprint density at radius 1 is 1.40 bits per heavy atom. The lowest BCUT2D eigenvalue weighted by Crippen LogP contribution is -2.25. The highest BCUT2D eigenvalue weighted by Crippen LogP contribution is 2.26. The normalized spacial score (nSPS) is 12.8. The van der Waals surface area contributed by atoms with Crippen LogP contribution >= 0.6 is 35.0 Å². The summed E-state index contributed by atoms with van der Waals surface area (Å²) in [5.41, 5.74) is 7.02. The zero-order valence-corrected chi connectivity index (χ0v) is 11.0. The zero-order valence-electron chi connectivity index (χ0n) is 8.67. The molecule has 0 bridgehead atoms. The molecule has 0 aliphatic rings. The zero-order chi connectivity index (χ0) is 11.3. The molecule has 0 saturated heterocycles. The third-order valence-corrected chi connectivity index (χ3v) is 3.98. The quantitative estimate of drug-likeness (QED) is 0.879. The Morgan fingerprint density at radius 3 is 2.80 bits per heavy atom. The van der Waals surface area contributed by atoms with Crippen LogP contribution in [0, 0.1) is 0 Å². The SMILES string of the molecule is CCSCC(N)Cc1cccc(Cl)c1Cl. The van der Waals surface area contributed by atoms with Crippen molar-refractivity contribution in [2.75, 3.05) is 11.5 Å². The van der Waals surface area contributed by atoms with Gasteiger partial charge in [0.15, 0.2) is 0 Å². The summed E-state index contributed by atoms with van der Waals surface area (Å²) >= 11 is 13.8. The average molecular weight is 264 g/mol. The molecule has 15 heavy (non-hydrogen) atoms. The summed E-state index contributed by atoms with van der Waals surface area (Å²) in [5.74, 6) is 2.05. The molecule has 1 unspecified atom stereocenters. The summed E-state index contributed by atoms with van der Waals surface area (Å²) in [6.45, 7) is 2.13. The van der Waals surface area contributed by atoms with Crippen LogP contribution in [-0.4, -0.2) is 17.5 Å². The number of thioether (sulfide) groups is 1. The fraction of sp³-hybridized carbons (Fsp3) is 0.455. The van der Waals surface area contributed by atoms with Crippen molar-refractivity contribution in [3.8, 4) is 0 Å². The first-order valence-corrected chi connectivity index (χ1v) is 6.82. The molecule has 0 aliphatic carbocycles. The van der Waals surface area contributed by atoms with Crippen molar-refractivity contribution in [3.63, 3.8) is 0 Å². The summed E-state index contributed by atoms with van der Waals surface area (Å²) < 4.78 is 0. The maximum atomic E-state index is 6.08. The van der Waals surface area contributed by atoms with Gasteiger partial charge in [0.25, 0.3) is 0 Å². The molecule has 2 N–H and O–H groups in total. The topological polar surface area (TPSA) is 26.0 Å². The van der Waals surface area contributed by atoms with Gasteiger partial charge < -0.3 is 5.73 Å². The molecule has 0 radical (unpaired) electrons. The molecular weight excluding hydrogens is 249 g/mol. The first kappa shape index (κ1) is 13.2. The Labute approximate surface area is 105 Å². The standard InChI is InChI=1S/C11H15Cl2NS/c1-2-15-7-9(14)6-8-4-3-5-10(12)11(8)13/h3-5,9H,2,6-7,14H2,1H3. The predicted molar refractivity (Wildman–Crippen MR) is 71.1 cm³/mol. The number of benzene rings is 1. The van der Waals surface area contributed by atoms with Crippen LogP contribution in [0.15, 0.2) is 18.2 Å². The number of nitrogens with two attached hydrogens (primary N) is 1. The molecule has 4 heteroatoms. The Bertz CT molecular complexity index is 317. The minimum atomic E-state index is 0.144. The Kier molecular flexibility index (Phi) is 5.83. The molecule has 1 nitrogen and oxygen atoms in total. The van der Waals surface area contributed by atoms with Crippen LogP contribution in [0.2, 0.25) is 10.0 Å². The van der Waals surface area contributed by atoms with Crippen LogP contribution in [0.5, 0.6) is 0 Å². The largest absolute Gasteiger partial charge is 0.327 e. The van der Waals surface area contributed by atoms with Gasteiger partial charge in [0.1, 0.15) is 0 Å². The number of rotatable bonds is 5. The van der Waals surface area contributed by atoms with E-state index in [9.17, 15) is 0 Å². The van der Waals surface area contributed by atoms with Gasteiger partial charge in [-0.1, -0.05) is 42.3 Å². The lowest BCUT2D eigenvalue weighted by Gasteiger charge is -2.12. The molecule has 0 heterocycles. The third-order valence-electron chi connectivity index (χ3n) is 2.05. The monoisotopic (exact) mass is 263 g/mol. The maximum Gasteiger partial charge on any atom is 0.0624 e. The highest BCUT2D eigenvalue weighted by molar-refractivity contribution is 7.99. The molecule has 1 aromatic rings. The van der Waals surface area contributed by atoms with E-state index in [1.807, 2.05) is 23.9 Å². The van der Waals surface area contributed by atoms with Gasteiger partial charge in [-0.25, -0.2) is 0 Å². The van der Waals surface area contributed by atoms with Gasteiger partial charge in [-0.3, -0.25) is 0 Å². The summed E-state index contributed by atoms with van der Waals surface area (Å²) in [5, 5.41) is 1.24. The van der Waals surface area contributed by atoms with Crippen LogP contribution in [-0.2, 0) is 6.42 Å². The minimum Gasteiger partial charge on any atom is -0.327 e. The van der Waals surface area contributed by atoms with E-state index in [2.05, 4.69) is 6.92 Å². The van der Waals surface area contributed by atoms with E-state index in [1.54, 1.807) is 6.07 Å². The molecule has 0 fully saturated rings. The second-order valence-corrected chi connectivity index (χ2v) is 5.44. The second-order valence-electron chi connectivity index (χ2n) is 3.34. The lowest BCUT2D eigenvalue weighted by atomic mass is 10.1. The van der Waals surface area contributed by atoms with Gasteiger partial charge in [0.05, 0.1) is 10.0 Å². The summed E-state index contributed by atoms with van der Waals surface area (Å²) in [6.07, 6.45) is 0.784.